The second kappa shape index (κ2) is 7.37. The van der Waals surface area contributed by atoms with Crippen LogP contribution in [0.15, 0.2) is 6.07 Å². The summed E-state index contributed by atoms with van der Waals surface area (Å²) < 4.78 is 0. The first-order valence-corrected chi connectivity index (χ1v) is 6.52. The molecule has 1 unspecified atom stereocenters. The first kappa shape index (κ1) is 15.8. The van der Waals surface area contributed by atoms with Crippen LogP contribution in [0.2, 0.25) is 10.0 Å². The van der Waals surface area contributed by atoms with E-state index in [0.29, 0.717) is 21.7 Å². The van der Waals surface area contributed by atoms with Gasteiger partial charge in [0.25, 0.3) is 0 Å². The standard InChI is InChI=1S/C11H16Cl2N4O2/c1-2-3-15-10-6(12)4-7(13)11(17-10)16-5-8(18)9(14)19/h4,8,18H,2-3,5H2,1H3,(H2,14,19)(H2,15,16,17). The smallest absolute Gasteiger partial charge is 0.248 e. The van der Waals surface area contributed by atoms with Gasteiger partial charge in [-0.05, 0) is 12.5 Å². The summed E-state index contributed by atoms with van der Waals surface area (Å²) in [5.41, 5.74) is 4.94. The predicted molar refractivity (Wildman–Crippen MR) is 76.7 cm³/mol. The number of aliphatic hydroxyl groups excluding tert-OH is 1. The summed E-state index contributed by atoms with van der Waals surface area (Å²) in [5.74, 6) is -0.00383. The number of hydrogen-bond acceptors (Lipinski definition) is 5. The van der Waals surface area contributed by atoms with Crippen LogP contribution in [-0.4, -0.2) is 35.2 Å². The summed E-state index contributed by atoms with van der Waals surface area (Å²) in [5, 5.41) is 15.8. The van der Waals surface area contributed by atoms with E-state index in [-0.39, 0.29) is 6.54 Å². The zero-order valence-electron chi connectivity index (χ0n) is 10.4. The van der Waals surface area contributed by atoms with Gasteiger partial charge in [-0.25, -0.2) is 4.98 Å². The second-order valence-corrected chi connectivity index (χ2v) is 4.69. The zero-order chi connectivity index (χ0) is 14.4. The van der Waals surface area contributed by atoms with Crippen molar-refractivity contribution in [1.29, 1.82) is 0 Å². The lowest BCUT2D eigenvalue weighted by Gasteiger charge is -2.13. The van der Waals surface area contributed by atoms with Crippen LogP contribution in [-0.2, 0) is 4.79 Å². The lowest BCUT2D eigenvalue weighted by molar-refractivity contribution is -0.125. The van der Waals surface area contributed by atoms with E-state index in [0.717, 1.165) is 13.0 Å². The van der Waals surface area contributed by atoms with Gasteiger partial charge in [0.2, 0.25) is 5.91 Å². The maximum atomic E-state index is 10.7. The van der Waals surface area contributed by atoms with E-state index < -0.39 is 12.0 Å². The number of primary amides is 1. The molecule has 0 bridgehead atoms. The third-order valence-corrected chi connectivity index (χ3v) is 2.84. The molecule has 5 N–H and O–H groups in total. The highest BCUT2D eigenvalue weighted by Crippen LogP contribution is 2.29. The molecule has 0 spiro atoms. The number of amides is 1. The van der Waals surface area contributed by atoms with Gasteiger partial charge < -0.3 is 21.5 Å². The number of carbonyl (C=O) groups is 1. The van der Waals surface area contributed by atoms with Crippen molar-refractivity contribution in [2.45, 2.75) is 19.4 Å². The van der Waals surface area contributed by atoms with Gasteiger partial charge in [0.15, 0.2) is 0 Å². The zero-order valence-corrected chi connectivity index (χ0v) is 11.9. The topological polar surface area (TPSA) is 100 Å². The van der Waals surface area contributed by atoms with Crippen molar-refractivity contribution < 1.29 is 9.90 Å². The third-order valence-electron chi connectivity index (χ3n) is 2.26. The molecule has 106 valence electrons. The molecular weight excluding hydrogens is 291 g/mol. The fraction of sp³-hybridized carbons (Fsp3) is 0.455. The Kier molecular flexibility index (Phi) is 6.14. The molecule has 0 saturated carbocycles. The maximum Gasteiger partial charge on any atom is 0.248 e. The molecule has 8 heteroatoms. The van der Waals surface area contributed by atoms with E-state index in [1.165, 1.54) is 6.07 Å². The van der Waals surface area contributed by atoms with Gasteiger partial charge in [0, 0.05) is 6.54 Å². The number of aromatic nitrogens is 1. The van der Waals surface area contributed by atoms with Crippen LogP contribution in [0.1, 0.15) is 13.3 Å². The van der Waals surface area contributed by atoms with Crippen molar-refractivity contribution in [1.82, 2.24) is 4.98 Å². The number of pyridine rings is 1. The van der Waals surface area contributed by atoms with Gasteiger partial charge in [-0.3, -0.25) is 4.79 Å². The largest absolute Gasteiger partial charge is 0.381 e. The Labute approximate surface area is 121 Å². The van der Waals surface area contributed by atoms with Crippen molar-refractivity contribution >= 4 is 40.7 Å². The minimum absolute atomic E-state index is 0.0725. The third kappa shape index (κ3) is 4.74. The SMILES string of the molecule is CCCNc1nc(NCC(O)C(N)=O)c(Cl)cc1Cl. The second-order valence-electron chi connectivity index (χ2n) is 3.88. The van der Waals surface area contributed by atoms with Gasteiger partial charge in [-0.1, -0.05) is 30.1 Å². The van der Waals surface area contributed by atoms with Crippen LogP contribution < -0.4 is 16.4 Å². The highest BCUT2D eigenvalue weighted by molar-refractivity contribution is 6.37. The number of anilines is 2. The van der Waals surface area contributed by atoms with Gasteiger partial charge in [-0.15, -0.1) is 0 Å². The number of hydrogen-bond donors (Lipinski definition) is 4. The first-order valence-electron chi connectivity index (χ1n) is 5.76. The van der Waals surface area contributed by atoms with Crippen molar-refractivity contribution in [3.8, 4) is 0 Å². The molecule has 0 saturated heterocycles. The molecule has 1 rings (SSSR count). The summed E-state index contributed by atoms with van der Waals surface area (Å²) in [4.78, 5) is 14.9. The van der Waals surface area contributed by atoms with E-state index in [1.54, 1.807) is 0 Å². The summed E-state index contributed by atoms with van der Waals surface area (Å²) in [6, 6.07) is 1.53. The van der Waals surface area contributed by atoms with Crippen molar-refractivity contribution in [3.63, 3.8) is 0 Å². The highest BCUT2D eigenvalue weighted by atomic mass is 35.5. The molecule has 0 aromatic carbocycles. The lowest BCUT2D eigenvalue weighted by Crippen LogP contribution is -2.34. The van der Waals surface area contributed by atoms with Crippen LogP contribution in [0.5, 0.6) is 0 Å². The maximum absolute atomic E-state index is 10.7. The first-order chi connectivity index (χ1) is 8.95. The summed E-state index contributed by atoms with van der Waals surface area (Å²) in [6.45, 7) is 2.66. The highest BCUT2D eigenvalue weighted by Gasteiger charge is 2.13. The minimum Gasteiger partial charge on any atom is -0.381 e. The summed E-state index contributed by atoms with van der Waals surface area (Å²) >= 11 is 12.0. The molecule has 0 fully saturated rings. The Morgan fingerprint density at radius 1 is 1.42 bits per heavy atom. The predicted octanol–water partition coefficient (Wildman–Crippen LogP) is 1.47. The monoisotopic (exact) mass is 306 g/mol. The fourth-order valence-corrected chi connectivity index (χ4v) is 1.74. The molecule has 0 aliphatic carbocycles. The minimum atomic E-state index is -1.31. The Bertz CT molecular complexity index is 457. The summed E-state index contributed by atoms with van der Waals surface area (Å²) in [7, 11) is 0. The quantitative estimate of drug-likeness (QED) is 0.611. The molecule has 1 aromatic heterocycles. The van der Waals surface area contributed by atoms with Gasteiger partial charge >= 0.3 is 0 Å². The van der Waals surface area contributed by atoms with Crippen molar-refractivity contribution in [3.05, 3.63) is 16.1 Å². The molecule has 0 aliphatic heterocycles. The van der Waals surface area contributed by atoms with Crippen molar-refractivity contribution in [2.75, 3.05) is 23.7 Å². The molecule has 6 nitrogen and oxygen atoms in total. The van der Waals surface area contributed by atoms with Crippen LogP contribution in [0.4, 0.5) is 11.6 Å². The fourth-order valence-electron chi connectivity index (χ4n) is 1.25. The lowest BCUT2D eigenvalue weighted by atomic mass is 10.3. The normalized spacial score (nSPS) is 12.0. The summed E-state index contributed by atoms with van der Waals surface area (Å²) in [6.07, 6.45) is -0.385. The van der Waals surface area contributed by atoms with Gasteiger partial charge in [-0.2, -0.15) is 0 Å². The van der Waals surface area contributed by atoms with E-state index in [2.05, 4.69) is 15.6 Å². The molecule has 1 heterocycles. The average Bonchev–Trinajstić information content (AvgIpc) is 2.36. The number of carbonyl (C=O) groups excluding carboxylic acids is 1. The number of aliphatic hydroxyl groups is 1. The Morgan fingerprint density at radius 3 is 2.53 bits per heavy atom. The Hall–Kier alpha value is -1.24. The van der Waals surface area contributed by atoms with Crippen LogP contribution in [0.3, 0.4) is 0 Å². The van der Waals surface area contributed by atoms with Crippen LogP contribution in [0.25, 0.3) is 0 Å². The van der Waals surface area contributed by atoms with Gasteiger partial charge in [0.05, 0.1) is 16.6 Å². The molecule has 1 aromatic rings. The van der Waals surface area contributed by atoms with E-state index in [9.17, 15) is 9.90 Å². The van der Waals surface area contributed by atoms with Crippen LogP contribution >= 0.6 is 23.2 Å². The van der Waals surface area contributed by atoms with Gasteiger partial charge in [0.1, 0.15) is 17.7 Å². The number of nitrogens with two attached hydrogens (primary N) is 1. The Balaban J connectivity index is 2.79. The number of nitrogens with zero attached hydrogens (tertiary/aromatic N) is 1. The number of halogens is 2. The Morgan fingerprint density at radius 2 is 2.00 bits per heavy atom. The number of nitrogens with one attached hydrogen (secondary N) is 2. The van der Waals surface area contributed by atoms with E-state index in [4.69, 9.17) is 28.9 Å². The molecule has 0 radical (unpaired) electrons. The van der Waals surface area contributed by atoms with Crippen LogP contribution in [0, 0.1) is 0 Å². The van der Waals surface area contributed by atoms with E-state index in [1.807, 2.05) is 6.92 Å². The molecule has 0 aliphatic rings. The molecule has 1 amide bonds. The van der Waals surface area contributed by atoms with Crippen molar-refractivity contribution in [2.24, 2.45) is 5.73 Å². The van der Waals surface area contributed by atoms with E-state index >= 15 is 0 Å². The molecule has 19 heavy (non-hydrogen) atoms. The average molecular weight is 307 g/mol. The molecule has 1 atom stereocenters. The molecular formula is C11H16Cl2N4O2. The number of rotatable bonds is 7.